The lowest BCUT2D eigenvalue weighted by Crippen LogP contribution is -2.27. The van der Waals surface area contributed by atoms with Crippen molar-refractivity contribution in [3.05, 3.63) is 42.0 Å². The lowest BCUT2D eigenvalue weighted by molar-refractivity contribution is -0.127. The Balaban J connectivity index is 1.52. The average molecular weight is 320 g/mol. The molecule has 1 aliphatic rings. The minimum Gasteiger partial charge on any atom is -0.341 e. The van der Waals surface area contributed by atoms with Gasteiger partial charge in [0.15, 0.2) is 5.16 Å². The molecule has 0 spiro atoms. The van der Waals surface area contributed by atoms with E-state index in [2.05, 4.69) is 10.2 Å². The Morgan fingerprint density at radius 3 is 2.82 bits per heavy atom. The van der Waals surface area contributed by atoms with Crippen molar-refractivity contribution >= 4 is 17.7 Å². The minimum atomic E-state index is -0.271. The van der Waals surface area contributed by atoms with Gasteiger partial charge in [-0.25, -0.2) is 4.39 Å². The van der Waals surface area contributed by atoms with E-state index in [-0.39, 0.29) is 11.7 Å². The van der Waals surface area contributed by atoms with Crippen LogP contribution < -0.4 is 0 Å². The molecule has 0 saturated heterocycles. The lowest BCUT2D eigenvalue weighted by Gasteiger charge is -2.17. The van der Waals surface area contributed by atoms with Crippen LogP contribution in [0.2, 0.25) is 0 Å². The smallest absolute Gasteiger partial charge is 0.233 e. The van der Waals surface area contributed by atoms with E-state index < -0.39 is 0 Å². The Kier molecular flexibility index (Phi) is 4.42. The normalized spacial score (nSPS) is 14.1. The largest absolute Gasteiger partial charge is 0.341 e. The molecule has 1 amide bonds. The van der Waals surface area contributed by atoms with Crippen LogP contribution in [0, 0.1) is 5.82 Å². The van der Waals surface area contributed by atoms with Crippen molar-refractivity contribution in [3.8, 4) is 0 Å². The molecule has 7 heteroatoms. The van der Waals surface area contributed by atoms with Crippen molar-refractivity contribution < 1.29 is 9.18 Å². The highest BCUT2D eigenvalue weighted by Crippen LogP contribution is 2.37. The van der Waals surface area contributed by atoms with Gasteiger partial charge in [0.2, 0.25) is 5.91 Å². The van der Waals surface area contributed by atoms with Crippen molar-refractivity contribution in [1.29, 1.82) is 0 Å². The summed E-state index contributed by atoms with van der Waals surface area (Å²) in [5, 5.41) is 8.78. The second-order valence-electron chi connectivity index (χ2n) is 5.42. The van der Waals surface area contributed by atoms with Crippen molar-refractivity contribution in [2.45, 2.75) is 30.6 Å². The van der Waals surface area contributed by atoms with Gasteiger partial charge < -0.3 is 9.47 Å². The number of thioether (sulfide) groups is 1. The Morgan fingerprint density at radius 2 is 2.14 bits per heavy atom. The van der Waals surface area contributed by atoms with Crippen LogP contribution in [0.4, 0.5) is 4.39 Å². The van der Waals surface area contributed by atoms with Crippen LogP contribution in [0.5, 0.6) is 0 Å². The fourth-order valence-corrected chi connectivity index (χ4v) is 3.05. The van der Waals surface area contributed by atoms with Gasteiger partial charge in [-0.05, 0) is 30.5 Å². The predicted octanol–water partition coefficient (Wildman–Crippen LogP) is 2.50. The van der Waals surface area contributed by atoms with E-state index in [1.165, 1.54) is 23.9 Å². The standard InChI is InChI=1S/C15H17FN4OS/c1-19(8-11-2-4-12(16)5-3-11)14(21)9-22-15-18-17-10-20(15)13-6-7-13/h2-5,10,13H,6-9H2,1H3. The first kappa shape index (κ1) is 15.0. The quantitative estimate of drug-likeness (QED) is 0.768. The molecule has 1 fully saturated rings. The Morgan fingerprint density at radius 1 is 1.41 bits per heavy atom. The summed E-state index contributed by atoms with van der Waals surface area (Å²) in [6.45, 7) is 0.467. The zero-order valence-corrected chi connectivity index (χ0v) is 13.1. The third-order valence-electron chi connectivity index (χ3n) is 3.56. The molecular formula is C15H17FN4OS. The first-order valence-electron chi connectivity index (χ1n) is 7.14. The van der Waals surface area contributed by atoms with Crippen molar-refractivity contribution in [1.82, 2.24) is 19.7 Å². The summed E-state index contributed by atoms with van der Waals surface area (Å²) in [6.07, 6.45) is 4.04. The number of aromatic nitrogens is 3. The molecule has 1 aromatic heterocycles. The molecule has 1 heterocycles. The molecular weight excluding hydrogens is 303 g/mol. The van der Waals surface area contributed by atoms with Gasteiger partial charge in [0.05, 0.1) is 5.75 Å². The third-order valence-corrected chi connectivity index (χ3v) is 4.51. The van der Waals surface area contributed by atoms with E-state index >= 15 is 0 Å². The Bertz CT molecular complexity index is 654. The van der Waals surface area contributed by atoms with Gasteiger partial charge in [-0.3, -0.25) is 4.79 Å². The van der Waals surface area contributed by atoms with Crippen molar-refractivity contribution in [2.75, 3.05) is 12.8 Å². The van der Waals surface area contributed by atoms with Crippen LogP contribution in [-0.4, -0.2) is 38.4 Å². The maximum Gasteiger partial charge on any atom is 0.233 e. The first-order chi connectivity index (χ1) is 10.6. The number of hydrogen-bond donors (Lipinski definition) is 0. The Hall–Kier alpha value is -1.89. The summed E-state index contributed by atoms with van der Waals surface area (Å²) < 4.78 is 14.9. The summed E-state index contributed by atoms with van der Waals surface area (Å²) >= 11 is 1.41. The molecule has 1 aromatic carbocycles. The van der Waals surface area contributed by atoms with Gasteiger partial charge >= 0.3 is 0 Å². The second kappa shape index (κ2) is 6.48. The van der Waals surface area contributed by atoms with E-state index in [1.807, 2.05) is 4.57 Å². The molecule has 0 atom stereocenters. The molecule has 0 N–H and O–H groups in total. The molecule has 0 aliphatic heterocycles. The van der Waals surface area contributed by atoms with Crippen LogP contribution in [-0.2, 0) is 11.3 Å². The highest BCUT2D eigenvalue weighted by Gasteiger charge is 2.26. The number of benzene rings is 1. The van der Waals surface area contributed by atoms with Gasteiger partial charge in [-0.15, -0.1) is 10.2 Å². The average Bonchev–Trinajstić information content (AvgIpc) is 3.25. The summed E-state index contributed by atoms with van der Waals surface area (Å²) in [4.78, 5) is 13.8. The molecule has 3 rings (SSSR count). The highest BCUT2D eigenvalue weighted by atomic mass is 32.2. The first-order valence-corrected chi connectivity index (χ1v) is 8.13. The molecule has 1 saturated carbocycles. The van der Waals surface area contributed by atoms with Crippen molar-refractivity contribution in [3.63, 3.8) is 0 Å². The minimum absolute atomic E-state index is 0.0136. The van der Waals surface area contributed by atoms with Crippen LogP contribution in [0.15, 0.2) is 35.7 Å². The monoisotopic (exact) mass is 320 g/mol. The molecule has 5 nitrogen and oxygen atoms in total. The summed E-state index contributed by atoms with van der Waals surface area (Å²) in [5.74, 6) is 0.0655. The van der Waals surface area contributed by atoms with Crippen LogP contribution in [0.25, 0.3) is 0 Å². The lowest BCUT2D eigenvalue weighted by atomic mass is 10.2. The van der Waals surface area contributed by atoms with E-state index in [4.69, 9.17) is 0 Å². The van der Waals surface area contributed by atoms with E-state index in [9.17, 15) is 9.18 Å². The second-order valence-corrected chi connectivity index (χ2v) is 6.36. The molecule has 0 radical (unpaired) electrons. The van der Waals surface area contributed by atoms with E-state index in [1.54, 1.807) is 30.4 Å². The third kappa shape index (κ3) is 3.65. The number of rotatable bonds is 6. The summed E-state index contributed by atoms with van der Waals surface area (Å²) in [6, 6.07) is 6.69. The highest BCUT2D eigenvalue weighted by molar-refractivity contribution is 7.99. The molecule has 0 unspecified atom stereocenters. The number of hydrogen-bond acceptors (Lipinski definition) is 4. The summed E-state index contributed by atoms with van der Waals surface area (Å²) in [5.41, 5.74) is 0.906. The molecule has 22 heavy (non-hydrogen) atoms. The van der Waals surface area contributed by atoms with Gasteiger partial charge in [0.25, 0.3) is 0 Å². The van der Waals surface area contributed by atoms with E-state index in [0.29, 0.717) is 18.3 Å². The van der Waals surface area contributed by atoms with Crippen LogP contribution in [0.1, 0.15) is 24.4 Å². The molecule has 1 aliphatic carbocycles. The van der Waals surface area contributed by atoms with Gasteiger partial charge in [-0.2, -0.15) is 0 Å². The maximum absolute atomic E-state index is 12.9. The molecule has 0 bridgehead atoms. The van der Waals surface area contributed by atoms with Crippen LogP contribution in [0.3, 0.4) is 0 Å². The maximum atomic E-state index is 12.9. The van der Waals surface area contributed by atoms with Gasteiger partial charge in [0, 0.05) is 19.6 Å². The number of carbonyl (C=O) groups is 1. The van der Waals surface area contributed by atoms with E-state index in [0.717, 1.165) is 23.6 Å². The number of carbonyl (C=O) groups excluding carboxylic acids is 1. The number of nitrogens with zero attached hydrogens (tertiary/aromatic N) is 4. The fourth-order valence-electron chi connectivity index (χ4n) is 2.13. The zero-order valence-electron chi connectivity index (χ0n) is 12.3. The number of amides is 1. The van der Waals surface area contributed by atoms with Gasteiger partial charge in [-0.1, -0.05) is 23.9 Å². The number of halogens is 1. The van der Waals surface area contributed by atoms with Crippen molar-refractivity contribution in [2.24, 2.45) is 0 Å². The molecule has 2 aromatic rings. The zero-order chi connectivity index (χ0) is 15.5. The Labute approximate surface area is 132 Å². The SMILES string of the molecule is CN(Cc1ccc(F)cc1)C(=O)CSc1nncn1C1CC1. The topological polar surface area (TPSA) is 51.0 Å². The van der Waals surface area contributed by atoms with Crippen LogP contribution >= 0.6 is 11.8 Å². The molecule has 116 valence electrons. The van der Waals surface area contributed by atoms with Gasteiger partial charge in [0.1, 0.15) is 12.1 Å². The summed E-state index contributed by atoms with van der Waals surface area (Å²) in [7, 11) is 1.75. The predicted molar refractivity (Wildman–Crippen MR) is 81.9 cm³/mol. The fraction of sp³-hybridized carbons (Fsp3) is 0.400.